The predicted molar refractivity (Wildman–Crippen MR) is 73.3 cm³/mol. The van der Waals surface area contributed by atoms with Gasteiger partial charge in [0.2, 0.25) is 11.8 Å². The number of nitrogens with one attached hydrogen (secondary N) is 1. The van der Waals surface area contributed by atoms with Crippen molar-refractivity contribution in [3.05, 3.63) is 35.6 Å². The highest BCUT2D eigenvalue weighted by atomic mass is 19.1. The molecule has 2 atom stereocenters. The third-order valence-corrected chi connectivity index (χ3v) is 3.85. The molecule has 2 rings (SSSR count). The molecule has 0 saturated carbocycles. The van der Waals surface area contributed by atoms with E-state index in [1.807, 2.05) is 6.92 Å². The topological polar surface area (TPSA) is 49.4 Å². The normalized spacial score (nSPS) is 22.8. The fourth-order valence-corrected chi connectivity index (χ4v) is 2.89. The number of nitrogens with zero attached hydrogens (tertiary/aromatic N) is 1. The molecule has 0 radical (unpaired) electrons. The number of hydrogen-bond acceptors (Lipinski definition) is 2. The van der Waals surface area contributed by atoms with Crippen molar-refractivity contribution < 1.29 is 14.0 Å². The Labute approximate surface area is 118 Å². The van der Waals surface area contributed by atoms with Crippen LogP contribution in [0.4, 0.5) is 4.39 Å². The van der Waals surface area contributed by atoms with Gasteiger partial charge in [-0.3, -0.25) is 9.59 Å². The minimum Gasteiger partial charge on any atom is -0.359 e. The third-order valence-electron chi connectivity index (χ3n) is 3.85. The van der Waals surface area contributed by atoms with Crippen molar-refractivity contribution in [2.45, 2.75) is 25.8 Å². The molecule has 0 aromatic heterocycles. The molecule has 108 valence electrons. The lowest BCUT2D eigenvalue weighted by atomic mass is 9.83. The average Bonchev–Trinajstić information content (AvgIpc) is 2.46. The van der Waals surface area contributed by atoms with Crippen LogP contribution in [0.15, 0.2) is 24.3 Å². The van der Waals surface area contributed by atoms with Crippen molar-refractivity contribution in [3.63, 3.8) is 0 Å². The number of halogens is 1. The molecule has 0 spiro atoms. The van der Waals surface area contributed by atoms with E-state index in [-0.39, 0.29) is 17.6 Å². The predicted octanol–water partition coefficient (Wildman–Crippen LogP) is 1.87. The Bertz CT molecular complexity index is 518. The first kappa shape index (κ1) is 14.5. The van der Waals surface area contributed by atoms with Gasteiger partial charge in [-0.1, -0.05) is 18.2 Å². The van der Waals surface area contributed by atoms with Crippen LogP contribution < -0.4 is 5.32 Å². The van der Waals surface area contributed by atoms with E-state index < -0.39 is 12.0 Å². The Morgan fingerprint density at radius 1 is 1.45 bits per heavy atom. The van der Waals surface area contributed by atoms with Gasteiger partial charge in [0.15, 0.2) is 0 Å². The molecule has 1 aromatic rings. The van der Waals surface area contributed by atoms with Crippen molar-refractivity contribution in [1.29, 1.82) is 0 Å². The summed E-state index contributed by atoms with van der Waals surface area (Å²) in [5.41, 5.74) is 0.413. The standard InChI is InChI=1S/C15H19FN2O2/c1-3-18-13(19)9-8-11(15(20)17-2)14(18)10-6-4-5-7-12(10)16/h4-7,11,14H,3,8-9H2,1-2H3,(H,17,20)/t11-,14+/m1/s1. The highest BCUT2D eigenvalue weighted by molar-refractivity contribution is 5.84. The summed E-state index contributed by atoms with van der Waals surface area (Å²) in [6, 6.07) is 5.82. The SMILES string of the molecule is CCN1C(=O)CC[C@@H](C(=O)NC)[C@@H]1c1ccccc1F. The van der Waals surface area contributed by atoms with Crippen LogP contribution in [0.5, 0.6) is 0 Å². The van der Waals surface area contributed by atoms with Crippen LogP contribution in [0.2, 0.25) is 0 Å². The second-order valence-corrected chi connectivity index (χ2v) is 4.91. The van der Waals surface area contributed by atoms with E-state index in [0.717, 1.165) is 0 Å². The summed E-state index contributed by atoms with van der Waals surface area (Å²) in [6.45, 7) is 2.31. The Balaban J connectivity index is 2.46. The monoisotopic (exact) mass is 278 g/mol. The van der Waals surface area contributed by atoms with Crippen molar-refractivity contribution in [3.8, 4) is 0 Å². The second-order valence-electron chi connectivity index (χ2n) is 4.91. The zero-order valence-corrected chi connectivity index (χ0v) is 11.7. The quantitative estimate of drug-likeness (QED) is 0.917. The molecule has 0 bridgehead atoms. The van der Waals surface area contributed by atoms with Gasteiger partial charge in [0.25, 0.3) is 0 Å². The maximum Gasteiger partial charge on any atom is 0.225 e. The molecule has 1 N–H and O–H groups in total. The van der Waals surface area contributed by atoms with Crippen LogP contribution in [0.25, 0.3) is 0 Å². The number of benzene rings is 1. The number of piperidine rings is 1. The molecule has 2 amide bonds. The molecule has 1 aliphatic heterocycles. The summed E-state index contributed by atoms with van der Waals surface area (Å²) in [4.78, 5) is 25.7. The summed E-state index contributed by atoms with van der Waals surface area (Å²) in [6.07, 6.45) is 0.783. The zero-order valence-electron chi connectivity index (χ0n) is 11.7. The summed E-state index contributed by atoms with van der Waals surface area (Å²) < 4.78 is 14.1. The number of carbonyl (C=O) groups is 2. The Hall–Kier alpha value is -1.91. The van der Waals surface area contributed by atoms with Gasteiger partial charge in [-0.2, -0.15) is 0 Å². The number of likely N-dealkylation sites (tertiary alicyclic amines) is 1. The lowest BCUT2D eigenvalue weighted by molar-refractivity contribution is -0.143. The highest BCUT2D eigenvalue weighted by Gasteiger charge is 2.40. The summed E-state index contributed by atoms with van der Waals surface area (Å²) in [5.74, 6) is -0.959. The molecule has 1 heterocycles. The maximum atomic E-state index is 14.1. The number of carbonyl (C=O) groups excluding carboxylic acids is 2. The Morgan fingerprint density at radius 3 is 2.75 bits per heavy atom. The average molecular weight is 278 g/mol. The molecule has 0 unspecified atom stereocenters. The molecule has 5 heteroatoms. The van der Waals surface area contributed by atoms with Gasteiger partial charge in [0, 0.05) is 25.6 Å². The lowest BCUT2D eigenvalue weighted by Gasteiger charge is -2.40. The van der Waals surface area contributed by atoms with Crippen molar-refractivity contribution in [2.75, 3.05) is 13.6 Å². The van der Waals surface area contributed by atoms with E-state index in [9.17, 15) is 14.0 Å². The summed E-state index contributed by atoms with van der Waals surface area (Å²) in [7, 11) is 1.56. The van der Waals surface area contributed by atoms with Gasteiger partial charge in [-0.15, -0.1) is 0 Å². The molecule has 20 heavy (non-hydrogen) atoms. The van der Waals surface area contributed by atoms with Gasteiger partial charge in [0.1, 0.15) is 5.82 Å². The molecule has 1 fully saturated rings. The van der Waals surface area contributed by atoms with E-state index in [0.29, 0.717) is 24.9 Å². The molecule has 1 aliphatic rings. The van der Waals surface area contributed by atoms with Crippen molar-refractivity contribution in [2.24, 2.45) is 5.92 Å². The van der Waals surface area contributed by atoms with E-state index >= 15 is 0 Å². The number of rotatable bonds is 3. The largest absolute Gasteiger partial charge is 0.359 e. The zero-order chi connectivity index (χ0) is 14.7. The third kappa shape index (κ3) is 2.53. The first-order valence-electron chi connectivity index (χ1n) is 6.85. The van der Waals surface area contributed by atoms with Crippen LogP contribution >= 0.6 is 0 Å². The van der Waals surface area contributed by atoms with Gasteiger partial charge in [-0.25, -0.2) is 4.39 Å². The fourth-order valence-electron chi connectivity index (χ4n) is 2.89. The van der Waals surface area contributed by atoms with E-state index in [1.54, 1.807) is 30.1 Å². The minimum absolute atomic E-state index is 0.0269. The van der Waals surface area contributed by atoms with Gasteiger partial charge in [-0.05, 0) is 19.4 Å². The molecule has 4 nitrogen and oxygen atoms in total. The van der Waals surface area contributed by atoms with Crippen LogP contribution in [-0.4, -0.2) is 30.3 Å². The summed E-state index contributed by atoms with van der Waals surface area (Å²) >= 11 is 0. The van der Waals surface area contributed by atoms with Crippen LogP contribution in [-0.2, 0) is 9.59 Å². The second kappa shape index (κ2) is 6.03. The fraction of sp³-hybridized carbons (Fsp3) is 0.467. The number of hydrogen-bond donors (Lipinski definition) is 1. The van der Waals surface area contributed by atoms with Crippen LogP contribution in [0, 0.1) is 11.7 Å². The molecular weight excluding hydrogens is 259 g/mol. The van der Waals surface area contributed by atoms with Gasteiger partial charge in [0.05, 0.1) is 12.0 Å². The first-order valence-corrected chi connectivity index (χ1v) is 6.85. The number of amides is 2. The summed E-state index contributed by atoms with van der Waals surface area (Å²) in [5, 5.41) is 2.61. The first-order chi connectivity index (χ1) is 9.60. The molecular formula is C15H19FN2O2. The molecule has 1 aromatic carbocycles. The van der Waals surface area contributed by atoms with Gasteiger partial charge < -0.3 is 10.2 Å². The Kier molecular flexibility index (Phi) is 4.37. The molecule has 0 aliphatic carbocycles. The van der Waals surface area contributed by atoms with E-state index in [2.05, 4.69) is 5.32 Å². The Morgan fingerprint density at radius 2 is 2.15 bits per heavy atom. The van der Waals surface area contributed by atoms with Crippen molar-refractivity contribution in [1.82, 2.24) is 10.2 Å². The van der Waals surface area contributed by atoms with Gasteiger partial charge >= 0.3 is 0 Å². The highest BCUT2D eigenvalue weighted by Crippen LogP contribution is 2.37. The smallest absolute Gasteiger partial charge is 0.225 e. The van der Waals surface area contributed by atoms with E-state index in [4.69, 9.17) is 0 Å². The maximum absolute atomic E-state index is 14.1. The van der Waals surface area contributed by atoms with E-state index in [1.165, 1.54) is 6.07 Å². The molecule has 1 saturated heterocycles. The lowest BCUT2D eigenvalue weighted by Crippen LogP contribution is -2.47. The van der Waals surface area contributed by atoms with Crippen molar-refractivity contribution >= 4 is 11.8 Å². The van der Waals surface area contributed by atoms with Crippen LogP contribution in [0.1, 0.15) is 31.4 Å². The van der Waals surface area contributed by atoms with Crippen LogP contribution in [0.3, 0.4) is 0 Å². The minimum atomic E-state index is -0.526.